The summed E-state index contributed by atoms with van der Waals surface area (Å²) in [4.78, 5) is 1.66. The van der Waals surface area contributed by atoms with Gasteiger partial charge in [-0.2, -0.15) is 0 Å². The third-order valence-corrected chi connectivity index (χ3v) is 1.83. The van der Waals surface area contributed by atoms with Gasteiger partial charge in [0.1, 0.15) is 0 Å². The van der Waals surface area contributed by atoms with E-state index in [-0.39, 0.29) is 5.11 Å². The van der Waals surface area contributed by atoms with E-state index >= 15 is 0 Å². The number of hydrogen-bond acceptors (Lipinski definition) is 3. The molecule has 1 N–H and O–H groups in total. The van der Waals surface area contributed by atoms with Gasteiger partial charge in [-0.25, -0.2) is 0 Å². The quantitative estimate of drug-likeness (QED) is 0.482. The van der Waals surface area contributed by atoms with Crippen LogP contribution in [0, 0.1) is 0 Å². The Morgan fingerprint density at radius 3 is 1.89 bits per heavy atom. The Kier molecular flexibility index (Phi) is 8.90. The summed E-state index contributed by atoms with van der Waals surface area (Å²) in [5.41, 5.74) is 0. The molecule has 0 aromatic carbocycles. The van der Waals surface area contributed by atoms with E-state index in [2.05, 4.69) is 47.0 Å². The first-order chi connectivity index (χ1) is 8.93. The molecule has 0 fully saturated rings. The van der Waals surface area contributed by atoms with Crippen LogP contribution in [-0.4, -0.2) is 48.3 Å². The van der Waals surface area contributed by atoms with E-state index in [1.807, 2.05) is 0 Å². The van der Waals surface area contributed by atoms with Crippen LogP contribution < -0.4 is 5.32 Å². The second-order valence-electron chi connectivity index (χ2n) is 3.20. The number of rotatable bonds is 4. The molecule has 19 heavy (non-hydrogen) atoms. The summed E-state index contributed by atoms with van der Waals surface area (Å²) in [6.07, 6.45) is 0. The van der Waals surface area contributed by atoms with E-state index < -0.39 is 0 Å². The van der Waals surface area contributed by atoms with Crippen molar-refractivity contribution in [3.05, 3.63) is 0 Å². The number of hydrogen-bond donors (Lipinski definition) is 1. The molecule has 0 aromatic heterocycles. The first-order valence-corrected chi connectivity index (χ1v) is 5.56. The van der Waals surface area contributed by atoms with Crippen LogP contribution in [0.25, 0.3) is 0 Å². The Morgan fingerprint density at radius 2 is 1.37 bits per heavy atom. The molecule has 0 saturated carbocycles. The van der Waals surface area contributed by atoms with Gasteiger partial charge in [0.05, 0.1) is 0 Å². The van der Waals surface area contributed by atoms with Crippen LogP contribution in [-0.2, 0) is 0 Å². The van der Waals surface area contributed by atoms with Gasteiger partial charge in [0.2, 0.25) is 5.11 Å². The van der Waals surface area contributed by atoms with Crippen molar-refractivity contribution in [2.45, 2.75) is 0 Å². The van der Waals surface area contributed by atoms with Crippen molar-refractivity contribution in [2.75, 3.05) is 28.2 Å². The van der Waals surface area contributed by atoms with Crippen molar-refractivity contribution in [3.8, 4) is 0 Å². The van der Waals surface area contributed by atoms with Crippen molar-refractivity contribution in [1.82, 2.24) is 15.2 Å². The second kappa shape index (κ2) is 9.95. The molecule has 0 spiro atoms. The highest BCUT2D eigenvalue weighted by Gasteiger charge is 1.99. The molecule has 0 amide bonds. The summed E-state index contributed by atoms with van der Waals surface area (Å²) in [6, 6.07) is 0. The molecular weight excluding hydrogens is 290 g/mol. The lowest BCUT2D eigenvalue weighted by Gasteiger charge is -2.12. The minimum atomic E-state index is 0.0573. The molecule has 0 aliphatic heterocycles. The van der Waals surface area contributed by atoms with Crippen LogP contribution in [0.2, 0.25) is 0 Å². The van der Waals surface area contributed by atoms with E-state index in [0.29, 0.717) is 5.11 Å². The molecule has 0 unspecified atom stereocenters. The highest BCUT2D eigenvalue weighted by atomic mass is 32.1. The van der Waals surface area contributed by atoms with E-state index in [9.17, 15) is 0 Å². The maximum atomic E-state index is 4.94. The lowest BCUT2D eigenvalue weighted by molar-refractivity contribution is 0.397. The van der Waals surface area contributed by atoms with Crippen molar-refractivity contribution < 1.29 is 0 Å². The highest BCUT2D eigenvalue weighted by Crippen LogP contribution is 1.88. The van der Waals surface area contributed by atoms with Crippen LogP contribution in [0.4, 0.5) is 0 Å². The third-order valence-electron chi connectivity index (χ3n) is 1.17. The van der Waals surface area contributed by atoms with E-state index in [0.717, 1.165) is 0 Å². The minimum Gasteiger partial charge on any atom is -0.355 e. The molecule has 0 radical (unpaired) electrons. The maximum absolute atomic E-state index is 4.94. The average Bonchev–Trinajstić information content (AvgIpc) is 2.31. The lowest BCUT2D eigenvalue weighted by atomic mass is 10.8. The standard InChI is InChI=1S/C6H13N11S2/c1-16(2)6(19)7-5(18)8-9-10-11-12-13-14-15-17(3)4/h1-4H3,(H,7,18,19)/b9-8?,11-10+,13-12+,15-14+. The lowest BCUT2D eigenvalue weighted by Crippen LogP contribution is -2.36. The number of nitrogens with zero attached hydrogens (tertiary/aromatic N) is 10. The zero-order valence-corrected chi connectivity index (χ0v) is 12.4. The number of thiocarbonyl (C=S) groups is 2. The van der Waals surface area contributed by atoms with Crippen LogP contribution in [0.3, 0.4) is 0 Å². The van der Waals surface area contributed by atoms with Crippen molar-refractivity contribution in [1.29, 1.82) is 0 Å². The Labute approximate surface area is 120 Å². The van der Waals surface area contributed by atoms with Gasteiger partial charge in [0.15, 0.2) is 5.11 Å². The van der Waals surface area contributed by atoms with Gasteiger partial charge in [0, 0.05) is 28.2 Å². The Morgan fingerprint density at radius 1 is 0.842 bits per heavy atom. The van der Waals surface area contributed by atoms with Gasteiger partial charge in [0.25, 0.3) is 0 Å². The Hall–Kier alpha value is -2.02. The third kappa shape index (κ3) is 10.8. The Bertz CT molecular complexity index is 409. The van der Waals surface area contributed by atoms with Gasteiger partial charge in [-0.15, -0.1) is 0 Å². The maximum Gasteiger partial charge on any atom is 0.221 e. The molecule has 0 aliphatic carbocycles. The first kappa shape index (κ1) is 17.0. The predicted molar refractivity (Wildman–Crippen MR) is 75.1 cm³/mol. The fraction of sp³-hybridized carbons (Fsp3) is 0.667. The summed E-state index contributed by atoms with van der Waals surface area (Å²) in [7, 11) is 6.89. The van der Waals surface area contributed by atoms with Crippen LogP contribution in [0.15, 0.2) is 41.7 Å². The van der Waals surface area contributed by atoms with Crippen molar-refractivity contribution >= 4 is 34.7 Å². The molecule has 0 saturated heterocycles. The monoisotopic (exact) mass is 303 g/mol. The summed E-state index contributed by atoms with van der Waals surface area (Å²) < 4.78 is 0. The molecule has 0 atom stereocenters. The fourth-order valence-electron chi connectivity index (χ4n) is 0.458. The minimum absolute atomic E-state index is 0.0573. The van der Waals surface area contributed by atoms with Gasteiger partial charge in [-0.05, 0) is 55.8 Å². The molecule has 104 valence electrons. The van der Waals surface area contributed by atoms with E-state index in [1.165, 1.54) is 5.01 Å². The van der Waals surface area contributed by atoms with Crippen molar-refractivity contribution in [3.63, 3.8) is 0 Å². The largest absolute Gasteiger partial charge is 0.355 e. The van der Waals surface area contributed by atoms with Gasteiger partial charge in [-0.1, -0.05) is 10.3 Å². The van der Waals surface area contributed by atoms with Gasteiger partial charge < -0.3 is 10.2 Å². The van der Waals surface area contributed by atoms with E-state index in [4.69, 9.17) is 24.4 Å². The average molecular weight is 303 g/mol. The molecule has 11 nitrogen and oxygen atoms in total. The van der Waals surface area contributed by atoms with Crippen molar-refractivity contribution in [2.24, 2.45) is 41.7 Å². The molecule has 0 aromatic rings. The summed E-state index contributed by atoms with van der Waals surface area (Å²) >= 11 is 9.75. The predicted octanol–water partition coefficient (Wildman–Crippen LogP) is 1.74. The summed E-state index contributed by atoms with van der Waals surface area (Å²) in [5.74, 6) is 0. The molecule has 13 heteroatoms. The van der Waals surface area contributed by atoms with Gasteiger partial charge >= 0.3 is 0 Å². The fourth-order valence-corrected chi connectivity index (χ4v) is 0.753. The highest BCUT2D eigenvalue weighted by molar-refractivity contribution is 7.81. The first-order valence-electron chi connectivity index (χ1n) is 4.74. The zero-order valence-electron chi connectivity index (χ0n) is 10.8. The van der Waals surface area contributed by atoms with Crippen LogP contribution in [0.1, 0.15) is 0 Å². The van der Waals surface area contributed by atoms with E-state index in [1.54, 1.807) is 33.1 Å². The zero-order chi connectivity index (χ0) is 14.7. The topological polar surface area (TPSA) is 117 Å². The molecular formula is C6H13N11S2. The normalized spacial score (nSPS) is 11.8. The number of nitrogens with one attached hydrogen (secondary N) is 1. The smallest absolute Gasteiger partial charge is 0.221 e. The molecule has 0 heterocycles. The molecule has 0 bridgehead atoms. The molecule has 0 rings (SSSR count). The molecule has 0 aliphatic rings. The Balaban J connectivity index is 4.02. The summed E-state index contributed by atoms with van der Waals surface area (Å²) in [6.45, 7) is 0. The summed E-state index contributed by atoms with van der Waals surface area (Å²) in [5, 5.41) is 30.9. The SMILES string of the molecule is CN(C)/N=N/N=N/N=N/N=NC(=S)NC(=S)N(C)C. The second-order valence-corrected chi connectivity index (χ2v) is 3.98. The van der Waals surface area contributed by atoms with Crippen LogP contribution in [0.5, 0.6) is 0 Å². The van der Waals surface area contributed by atoms with Crippen LogP contribution >= 0.6 is 24.4 Å². The van der Waals surface area contributed by atoms with Gasteiger partial charge in [-0.3, -0.25) is 5.01 Å².